The zero-order chi connectivity index (χ0) is 17.1. The van der Waals surface area contributed by atoms with Crippen molar-refractivity contribution in [2.75, 3.05) is 7.05 Å². The summed E-state index contributed by atoms with van der Waals surface area (Å²) in [7, 11) is 1.54. The van der Waals surface area contributed by atoms with E-state index < -0.39 is 12.0 Å². The van der Waals surface area contributed by atoms with E-state index in [2.05, 4.69) is 0 Å². The van der Waals surface area contributed by atoms with E-state index in [0.29, 0.717) is 18.8 Å². The second-order valence-corrected chi connectivity index (χ2v) is 5.94. The number of ether oxygens (including phenoxy) is 1. The van der Waals surface area contributed by atoms with Gasteiger partial charge in [0.1, 0.15) is 6.04 Å². The fourth-order valence-corrected chi connectivity index (χ4v) is 2.88. The molecule has 5 heteroatoms. The molecule has 0 aromatic heterocycles. The maximum atomic E-state index is 12.7. The molecule has 1 amide bonds. The van der Waals surface area contributed by atoms with E-state index in [1.807, 2.05) is 36.4 Å². The van der Waals surface area contributed by atoms with Crippen LogP contribution in [0.4, 0.5) is 0 Å². The van der Waals surface area contributed by atoms with Gasteiger partial charge in [0.15, 0.2) is 0 Å². The summed E-state index contributed by atoms with van der Waals surface area (Å²) in [6, 6.07) is 13.8. The predicted octanol–water partition coefficient (Wildman–Crippen LogP) is 2.48. The van der Waals surface area contributed by atoms with Crippen molar-refractivity contribution in [3.63, 3.8) is 0 Å². The van der Waals surface area contributed by atoms with Gasteiger partial charge in [-0.3, -0.25) is 4.79 Å². The molecule has 1 N–H and O–H groups in total. The van der Waals surface area contributed by atoms with E-state index in [1.165, 1.54) is 11.9 Å². The third-order valence-electron chi connectivity index (χ3n) is 4.31. The van der Waals surface area contributed by atoms with Gasteiger partial charge in [0.2, 0.25) is 0 Å². The van der Waals surface area contributed by atoms with Gasteiger partial charge < -0.3 is 14.7 Å². The van der Waals surface area contributed by atoms with Crippen LogP contribution >= 0.6 is 0 Å². The largest absolute Gasteiger partial charge is 0.480 e. The molecule has 1 atom stereocenters. The number of fused-ring (bicyclic) bond motifs is 1. The van der Waals surface area contributed by atoms with Crippen molar-refractivity contribution in [2.24, 2.45) is 0 Å². The lowest BCUT2D eigenvalue weighted by Gasteiger charge is -2.25. The quantitative estimate of drug-likeness (QED) is 0.917. The number of hydrogen-bond donors (Lipinski definition) is 1. The van der Waals surface area contributed by atoms with E-state index >= 15 is 0 Å². The summed E-state index contributed by atoms with van der Waals surface area (Å²) in [6.07, 6.45) is 0.270. The molecule has 0 saturated heterocycles. The molecule has 1 unspecified atom stereocenters. The first-order chi connectivity index (χ1) is 11.6. The van der Waals surface area contributed by atoms with Crippen LogP contribution in [0.1, 0.15) is 27.0 Å². The van der Waals surface area contributed by atoms with Gasteiger partial charge in [-0.15, -0.1) is 0 Å². The molecule has 0 spiro atoms. The summed E-state index contributed by atoms with van der Waals surface area (Å²) in [6.45, 7) is 1.05. The maximum Gasteiger partial charge on any atom is 0.326 e. The number of carbonyl (C=O) groups is 2. The van der Waals surface area contributed by atoms with Gasteiger partial charge in [0, 0.05) is 19.0 Å². The fraction of sp³-hybridized carbons (Fsp3) is 0.263. The number of carboxylic acids is 1. The molecule has 5 nitrogen and oxygen atoms in total. The van der Waals surface area contributed by atoms with Gasteiger partial charge >= 0.3 is 5.97 Å². The fourth-order valence-electron chi connectivity index (χ4n) is 2.88. The molecule has 0 bridgehead atoms. The number of rotatable bonds is 5. The van der Waals surface area contributed by atoms with E-state index in [-0.39, 0.29) is 12.3 Å². The Morgan fingerprint density at radius 2 is 1.83 bits per heavy atom. The molecule has 1 aliphatic rings. The minimum Gasteiger partial charge on any atom is -0.480 e. The van der Waals surface area contributed by atoms with E-state index in [9.17, 15) is 14.7 Å². The number of carboxylic acid groups (broad SMARTS) is 1. The molecule has 0 radical (unpaired) electrons. The molecule has 3 rings (SSSR count). The molecule has 124 valence electrons. The second-order valence-electron chi connectivity index (χ2n) is 5.94. The first-order valence-corrected chi connectivity index (χ1v) is 7.79. The lowest BCUT2D eigenvalue weighted by Crippen LogP contribution is -2.43. The SMILES string of the molecule is CN(C(=O)c1ccc2c(c1)COC2)C(Cc1ccccc1)C(=O)O. The average Bonchev–Trinajstić information content (AvgIpc) is 3.06. The van der Waals surface area contributed by atoms with Crippen LogP contribution in [0.3, 0.4) is 0 Å². The standard InChI is InChI=1S/C19H19NO4/c1-20(17(19(22)23)9-13-5-3-2-4-6-13)18(21)14-7-8-15-11-24-12-16(15)10-14/h2-8,10,17H,9,11-12H2,1H3,(H,22,23). The first kappa shape index (κ1) is 16.2. The smallest absolute Gasteiger partial charge is 0.326 e. The highest BCUT2D eigenvalue weighted by atomic mass is 16.5. The summed E-state index contributed by atoms with van der Waals surface area (Å²) in [5.74, 6) is -1.31. The van der Waals surface area contributed by atoms with Gasteiger partial charge in [-0.05, 0) is 28.8 Å². The van der Waals surface area contributed by atoms with Crippen LogP contribution < -0.4 is 0 Å². The van der Waals surface area contributed by atoms with Crippen LogP contribution in [0.15, 0.2) is 48.5 Å². The summed E-state index contributed by atoms with van der Waals surface area (Å²) in [5, 5.41) is 9.54. The van der Waals surface area contributed by atoms with Crippen LogP contribution in [0.5, 0.6) is 0 Å². The van der Waals surface area contributed by atoms with Crippen molar-refractivity contribution >= 4 is 11.9 Å². The Morgan fingerprint density at radius 1 is 1.12 bits per heavy atom. The second kappa shape index (κ2) is 6.84. The molecular formula is C19H19NO4. The normalized spacial score (nSPS) is 14.0. The minimum atomic E-state index is -1.01. The van der Waals surface area contributed by atoms with Crippen LogP contribution in [-0.4, -0.2) is 35.0 Å². The van der Waals surface area contributed by atoms with Gasteiger partial charge in [-0.25, -0.2) is 4.79 Å². The zero-order valence-corrected chi connectivity index (χ0v) is 13.4. The Morgan fingerprint density at radius 3 is 2.54 bits per heavy atom. The number of hydrogen-bond acceptors (Lipinski definition) is 3. The number of carbonyl (C=O) groups excluding carboxylic acids is 1. The number of nitrogens with zero attached hydrogens (tertiary/aromatic N) is 1. The summed E-state index contributed by atoms with van der Waals surface area (Å²) >= 11 is 0. The van der Waals surface area contributed by atoms with E-state index in [4.69, 9.17) is 4.74 Å². The highest BCUT2D eigenvalue weighted by Gasteiger charge is 2.28. The lowest BCUT2D eigenvalue weighted by molar-refractivity contribution is -0.141. The Kier molecular flexibility index (Phi) is 4.62. The molecule has 0 saturated carbocycles. The molecule has 0 aliphatic carbocycles. The Bertz CT molecular complexity index is 757. The highest BCUT2D eigenvalue weighted by Crippen LogP contribution is 2.22. The zero-order valence-electron chi connectivity index (χ0n) is 13.4. The topological polar surface area (TPSA) is 66.8 Å². The summed E-state index contributed by atoms with van der Waals surface area (Å²) in [5.41, 5.74) is 3.44. The molecule has 1 heterocycles. The average molecular weight is 325 g/mol. The van der Waals surface area contributed by atoms with E-state index in [0.717, 1.165) is 16.7 Å². The van der Waals surface area contributed by atoms with Crippen LogP contribution in [0.25, 0.3) is 0 Å². The molecular weight excluding hydrogens is 306 g/mol. The Balaban J connectivity index is 1.80. The van der Waals surface area contributed by atoms with Crippen molar-refractivity contribution in [3.8, 4) is 0 Å². The molecule has 24 heavy (non-hydrogen) atoms. The molecule has 1 aliphatic heterocycles. The van der Waals surface area contributed by atoms with Gasteiger partial charge in [0.05, 0.1) is 13.2 Å². The first-order valence-electron chi connectivity index (χ1n) is 7.79. The van der Waals surface area contributed by atoms with Crippen LogP contribution in [0, 0.1) is 0 Å². The maximum absolute atomic E-state index is 12.7. The third kappa shape index (κ3) is 3.31. The number of amides is 1. The van der Waals surface area contributed by atoms with Gasteiger partial charge in [0.25, 0.3) is 5.91 Å². The highest BCUT2D eigenvalue weighted by molar-refractivity contribution is 5.96. The summed E-state index contributed by atoms with van der Waals surface area (Å²) < 4.78 is 5.36. The number of benzene rings is 2. The minimum absolute atomic E-state index is 0.270. The van der Waals surface area contributed by atoms with Crippen molar-refractivity contribution in [1.82, 2.24) is 4.90 Å². The number of aliphatic carboxylic acids is 1. The number of likely N-dealkylation sites (N-methyl/N-ethyl adjacent to an activating group) is 1. The van der Waals surface area contributed by atoms with Crippen LogP contribution in [-0.2, 0) is 29.2 Å². The molecule has 2 aromatic rings. The molecule has 0 fully saturated rings. The molecule has 2 aromatic carbocycles. The van der Waals surface area contributed by atoms with Crippen molar-refractivity contribution in [1.29, 1.82) is 0 Å². The summed E-state index contributed by atoms with van der Waals surface area (Å²) in [4.78, 5) is 25.7. The monoisotopic (exact) mass is 325 g/mol. The Hall–Kier alpha value is -2.66. The Labute approximate surface area is 140 Å². The third-order valence-corrected chi connectivity index (χ3v) is 4.31. The van der Waals surface area contributed by atoms with E-state index in [1.54, 1.807) is 12.1 Å². The van der Waals surface area contributed by atoms with Crippen LogP contribution in [0.2, 0.25) is 0 Å². The van der Waals surface area contributed by atoms with Gasteiger partial charge in [-0.1, -0.05) is 36.4 Å². The van der Waals surface area contributed by atoms with Crippen molar-refractivity contribution in [2.45, 2.75) is 25.7 Å². The lowest BCUT2D eigenvalue weighted by atomic mass is 10.0. The van der Waals surface area contributed by atoms with Gasteiger partial charge in [-0.2, -0.15) is 0 Å². The predicted molar refractivity (Wildman–Crippen MR) is 88.6 cm³/mol. The van der Waals surface area contributed by atoms with Crippen molar-refractivity contribution in [3.05, 3.63) is 70.8 Å². The van der Waals surface area contributed by atoms with Crippen molar-refractivity contribution < 1.29 is 19.4 Å².